The van der Waals surface area contributed by atoms with E-state index in [0.29, 0.717) is 24.3 Å². The van der Waals surface area contributed by atoms with Gasteiger partial charge >= 0.3 is 12.0 Å². The van der Waals surface area contributed by atoms with Crippen molar-refractivity contribution in [3.8, 4) is 0 Å². The van der Waals surface area contributed by atoms with Crippen LogP contribution in [-0.2, 0) is 19.1 Å². The van der Waals surface area contributed by atoms with E-state index in [1.165, 1.54) is 19.3 Å². The van der Waals surface area contributed by atoms with Crippen LogP contribution in [0.4, 0.5) is 4.79 Å². The zero-order chi connectivity index (χ0) is 20.1. The quantitative estimate of drug-likeness (QED) is 0.541. The lowest BCUT2D eigenvalue weighted by Gasteiger charge is -2.55. The van der Waals surface area contributed by atoms with Gasteiger partial charge in [-0.15, -0.1) is 0 Å². The van der Waals surface area contributed by atoms with E-state index in [0.717, 1.165) is 25.7 Å². The first-order valence-electron chi connectivity index (χ1n) is 10.4. The van der Waals surface area contributed by atoms with Gasteiger partial charge in [-0.1, -0.05) is 6.92 Å². The van der Waals surface area contributed by atoms with Crippen LogP contribution in [0.3, 0.4) is 0 Å². The van der Waals surface area contributed by atoms with E-state index in [4.69, 9.17) is 4.74 Å². The summed E-state index contributed by atoms with van der Waals surface area (Å²) in [5.41, 5.74) is -0.232. The molecule has 4 amide bonds. The molecule has 0 atom stereocenters. The highest BCUT2D eigenvalue weighted by Crippen LogP contribution is 2.60. The Morgan fingerprint density at radius 3 is 2.11 bits per heavy atom. The Labute approximate surface area is 165 Å². The number of esters is 1. The molecule has 8 heteroatoms. The Morgan fingerprint density at radius 2 is 1.54 bits per heavy atom. The summed E-state index contributed by atoms with van der Waals surface area (Å²) in [6.45, 7) is 2.05. The van der Waals surface area contributed by atoms with Gasteiger partial charge < -0.3 is 15.4 Å². The average molecular weight is 393 g/mol. The lowest BCUT2D eigenvalue weighted by atomic mass is 9.49. The van der Waals surface area contributed by atoms with Crippen molar-refractivity contribution in [2.24, 2.45) is 23.2 Å². The molecule has 0 heterocycles. The number of nitrogens with one attached hydrogen (secondary N) is 3. The molecule has 4 rings (SSSR count). The largest absolute Gasteiger partial charge is 0.456 e. The van der Waals surface area contributed by atoms with Gasteiger partial charge in [0.25, 0.3) is 5.91 Å². The Balaban J connectivity index is 1.33. The van der Waals surface area contributed by atoms with Crippen LogP contribution in [0.25, 0.3) is 0 Å². The van der Waals surface area contributed by atoms with Gasteiger partial charge in [-0.25, -0.2) is 4.79 Å². The smallest absolute Gasteiger partial charge is 0.321 e. The predicted molar refractivity (Wildman–Crippen MR) is 101 cm³/mol. The highest BCUT2D eigenvalue weighted by Gasteiger charge is 2.54. The van der Waals surface area contributed by atoms with Crippen molar-refractivity contribution in [1.82, 2.24) is 16.0 Å². The minimum absolute atomic E-state index is 0.00736. The number of imide groups is 1. The summed E-state index contributed by atoms with van der Waals surface area (Å²) in [6, 6.07) is -0.606. The van der Waals surface area contributed by atoms with Gasteiger partial charge in [0.2, 0.25) is 5.91 Å². The Morgan fingerprint density at radius 1 is 0.929 bits per heavy atom. The van der Waals surface area contributed by atoms with Gasteiger partial charge in [0.15, 0.2) is 6.61 Å². The summed E-state index contributed by atoms with van der Waals surface area (Å²) in [7, 11) is 0. The van der Waals surface area contributed by atoms with Gasteiger partial charge in [-0.3, -0.25) is 19.7 Å². The third-order valence-electron chi connectivity index (χ3n) is 6.29. The lowest BCUT2D eigenvalue weighted by molar-refractivity contribution is -0.149. The highest BCUT2D eigenvalue weighted by atomic mass is 16.5. The molecule has 4 bridgehead atoms. The van der Waals surface area contributed by atoms with E-state index >= 15 is 0 Å². The second-order valence-corrected chi connectivity index (χ2v) is 8.67. The number of carbonyl (C=O) groups excluding carboxylic acids is 4. The van der Waals surface area contributed by atoms with Crippen molar-refractivity contribution in [2.75, 3.05) is 19.7 Å². The third kappa shape index (κ3) is 5.02. The van der Waals surface area contributed by atoms with Gasteiger partial charge in [-0.2, -0.15) is 0 Å². The fraction of sp³-hybridized carbons (Fsp3) is 0.800. The monoisotopic (exact) mass is 393 g/mol. The third-order valence-corrected chi connectivity index (χ3v) is 6.29. The number of carbonyl (C=O) groups is 4. The van der Waals surface area contributed by atoms with Crippen LogP contribution in [0.5, 0.6) is 0 Å². The summed E-state index contributed by atoms with van der Waals surface area (Å²) < 4.78 is 4.86. The van der Waals surface area contributed by atoms with Crippen molar-refractivity contribution in [2.45, 2.75) is 58.3 Å². The average Bonchev–Trinajstić information content (AvgIpc) is 2.63. The maximum absolute atomic E-state index is 12.8. The van der Waals surface area contributed by atoms with Crippen molar-refractivity contribution >= 4 is 23.8 Å². The number of amides is 4. The Bertz CT molecular complexity index is 598. The second-order valence-electron chi connectivity index (χ2n) is 8.67. The van der Waals surface area contributed by atoms with E-state index in [-0.39, 0.29) is 24.3 Å². The molecule has 4 saturated carbocycles. The second kappa shape index (κ2) is 8.92. The first kappa shape index (κ1) is 20.6. The van der Waals surface area contributed by atoms with Crippen LogP contribution >= 0.6 is 0 Å². The molecule has 156 valence electrons. The summed E-state index contributed by atoms with van der Waals surface area (Å²) in [6.07, 6.45) is 7.53. The molecule has 0 aliphatic heterocycles. The van der Waals surface area contributed by atoms with Crippen molar-refractivity contribution in [1.29, 1.82) is 0 Å². The molecule has 4 fully saturated rings. The maximum atomic E-state index is 12.8. The first-order valence-corrected chi connectivity index (χ1v) is 10.4. The van der Waals surface area contributed by atoms with Crippen molar-refractivity contribution < 1.29 is 23.9 Å². The summed E-state index contributed by atoms with van der Waals surface area (Å²) in [4.78, 5) is 47.4. The first-order chi connectivity index (χ1) is 13.4. The summed E-state index contributed by atoms with van der Waals surface area (Å²) in [5.74, 6) is 0.888. The summed E-state index contributed by atoms with van der Waals surface area (Å²) in [5, 5.41) is 7.48. The number of rotatable bonds is 8. The topological polar surface area (TPSA) is 114 Å². The van der Waals surface area contributed by atoms with Crippen LogP contribution in [0, 0.1) is 23.2 Å². The van der Waals surface area contributed by atoms with Crippen molar-refractivity contribution in [3.63, 3.8) is 0 Å². The zero-order valence-corrected chi connectivity index (χ0v) is 16.6. The minimum Gasteiger partial charge on any atom is -0.456 e. The fourth-order valence-corrected chi connectivity index (χ4v) is 5.52. The standard InChI is InChI=1S/C20H31N3O5/c1-2-4-22-19(27)23-16(24)12-28-17(25)3-5-21-18(26)20-9-13-6-14(10-20)8-15(7-13)11-20/h13-15H,2-12H2,1H3,(H,21,26)(H2,22,23,24,27). The molecule has 8 nitrogen and oxygen atoms in total. The van der Waals surface area contributed by atoms with E-state index in [1.807, 2.05) is 6.92 Å². The van der Waals surface area contributed by atoms with E-state index in [1.54, 1.807) is 0 Å². The van der Waals surface area contributed by atoms with Crippen LogP contribution in [-0.4, -0.2) is 43.5 Å². The maximum Gasteiger partial charge on any atom is 0.321 e. The molecule has 0 unspecified atom stereocenters. The molecule has 0 aromatic rings. The van der Waals surface area contributed by atoms with Crippen LogP contribution < -0.4 is 16.0 Å². The number of ether oxygens (including phenoxy) is 1. The molecular weight excluding hydrogens is 362 g/mol. The van der Waals surface area contributed by atoms with E-state index in [9.17, 15) is 19.2 Å². The zero-order valence-electron chi connectivity index (χ0n) is 16.6. The number of urea groups is 1. The Hall–Kier alpha value is -2.12. The number of hydrogen-bond donors (Lipinski definition) is 3. The molecule has 0 aromatic heterocycles. The van der Waals surface area contributed by atoms with E-state index in [2.05, 4.69) is 16.0 Å². The normalized spacial score (nSPS) is 29.8. The molecule has 0 radical (unpaired) electrons. The molecule has 4 aliphatic carbocycles. The van der Waals surface area contributed by atoms with Crippen molar-refractivity contribution in [3.05, 3.63) is 0 Å². The SMILES string of the molecule is CCCNC(=O)NC(=O)COC(=O)CCNC(=O)C12CC3CC(CC(C3)C1)C2. The molecule has 3 N–H and O–H groups in total. The molecule has 28 heavy (non-hydrogen) atoms. The predicted octanol–water partition coefficient (Wildman–Crippen LogP) is 1.49. The molecule has 0 saturated heterocycles. The minimum atomic E-state index is -0.681. The molecular formula is C20H31N3O5. The van der Waals surface area contributed by atoms with Gasteiger partial charge in [-0.05, 0) is 62.7 Å². The molecule has 0 aromatic carbocycles. The molecule has 0 spiro atoms. The highest BCUT2D eigenvalue weighted by molar-refractivity contribution is 5.95. The summed E-state index contributed by atoms with van der Waals surface area (Å²) >= 11 is 0. The van der Waals surface area contributed by atoms with Gasteiger partial charge in [0.1, 0.15) is 0 Å². The van der Waals surface area contributed by atoms with Crippen LogP contribution in [0.1, 0.15) is 58.3 Å². The fourth-order valence-electron chi connectivity index (χ4n) is 5.52. The van der Waals surface area contributed by atoms with Crippen LogP contribution in [0.2, 0.25) is 0 Å². The van der Waals surface area contributed by atoms with E-state index < -0.39 is 24.5 Å². The van der Waals surface area contributed by atoms with Crippen LogP contribution in [0.15, 0.2) is 0 Å². The van der Waals surface area contributed by atoms with Gasteiger partial charge in [0, 0.05) is 18.5 Å². The number of hydrogen-bond acceptors (Lipinski definition) is 5. The lowest BCUT2D eigenvalue weighted by Crippen LogP contribution is -2.53. The molecule has 4 aliphatic rings. The van der Waals surface area contributed by atoms with Gasteiger partial charge in [0.05, 0.1) is 6.42 Å². The Kier molecular flexibility index (Phi) is 6.57.